The monoisotopic (exact) mass is 228 g/mol. The zero-order valence-corrected chi connectivity index (χ0v) is 9.98. The van der Waals surface area contributed by atoms with Crippen molar-refractivity contribution in [2.75, 3.05) is 31.3 Å². The Hall–Kier alpha value is -0.740. The molecule has 0 unspecified atom stereocenters. The molecular weight excluding hydrogens is 211 g/mol. The van der Waals surface area contributed by atoms with Crippen molar-refractivity contribution in [2.45, 2.75) is 6.54 Å². The summed E-state index contributed by atoms with van der Waals surface area (Å²) in [6.07, 6.45) is 2.08. The van der Waals surface area contributed by atoms with Crippen LogP contribution >= 0.6 is 11.8 Å². The zero-order chi connectivity index (χ0) is 11.3. The number of nitrogen functional groups attached to an aromatic ring is 1. The van der Waals surface area contributed by atoms with Crippen molar-refractivity contribution < 1.29 is 4.39 Å². The van der Waals surface area contributed by atoms with Gasteiger partial charge in [0.15, 0.2) is 0 Å². The molecule has 0 heterocycles. The second-order valence-corrected chi connectivity index (χ2v) is 4.56. The summed E-state index contributed by atoms with van der Waals surface area (Å²) in [6, 6.07) is 4.58. The Bertz CT molecular complexity index is 317. The molecule has 0 aromatic heterocycles. The fourth-order valence-corrected chi connectivity index (χ4v) is 1.82. The average molecular weight is 228 g/mol. The van der Waals surface area contributed by atoms with Gasteiger partial charge in [-0.25, -0.2) is 4.39 Å². The minimum Gasteiger partial charge on any atom is -0.398 e. The van der Waals surface area contributed by atoms with Crippen LogP contribution in [0, 0.1) is 5.82 Å². The molecule has 0 fully saturated rings. The van der Waals surface area contributed by atoms with E-state index in [1.807, 2.05) is 18.8 Å². The van der Waals surface area contributed by atoms with Crippen molar-refractivity contribution in [3.63, 3.8) is 0 Å². The summed E-state index contributed by atoms with van der Waals surface area (Å²) < 4.78 is 12.8. The van der Waals surface area contributed by atoms with Crippen LogP contribution in [0.4, 0.5) is 10.1 Å². The molecule has 2 nitrogen and oxygen atoms in total. The van der Waals surface area contributed by atoms with Crippen LogP contribution in [0.2, 0.25) is 0 Å². The minimum absolute atomic E-state index is 0.275. The van der Waals surface area contributed by atoms with Crippen LogP contribution in [0.25, 0.3) is 0 Å². The Morgan fingerprint density at radius 2 is 2.20 bits per heavy atom. The first kappa shape index (κ1) is 12.3. The van der Waals surface area contributed by atoms with E-state index in [9.17, 15) is 4.39 Å². The van der Waals surface area contributed by atoms with Gasteiger partial charge >= 0.3 is 0 Å². The lowest BCUT2D eigenvalue weighted by atomic mass is 10.1. The molecule has 1 rings (SSSR count). The first-order valence-electron chi connectivity index (χ1n) is 4.85. The van der Waals surface area contributed by atoms with Gasteiger partial charge in [-0.1, -0.05) is 6.07 Å². The summed E-state index contributed by atoms with van der Waals surface area (Å²) in [4.78, 5) is 2.18. The van der Waals surface area contributed by atoms with E-state index < -0.39 is 0 Å². The number of nitrogens with zero attached hydrogens (tertiary/aromatic N) is 1. The predicted octanol–water partition coefficient (Wildman–Crippen LogP) is 2.20. The van der Waals surface area contributed by atoms with Gasteiger partial charge in [0, 0.05) is 24.5 Å². The van der Waals surface area contributed by atoms with Crippen molar-refractivity contribution in [2.24, 2.45) is 0 Å². The molecule has 0 aliphatic heterocycles. The Morgan fingerprint density at radius 1 is 1.47 bits per heavy atom. The minimum atomic E-state index is -0.275. The van der Waals surface area contributed by atoms with Gasteiger partial charge in [-0.15, -0.1) is 0 Å². The molecule has 0 bridgehead atoms. The summed E-state index contributed by atoms with van der Waals surface area (Å²) in [5, 5.41) is 0. The molecule has 0 saturated heterocycles. The Labute approximate surface area is 94.6 Å². The fourth-order valence-electron chi connectivity index (χ4n) is 1.33. The summed E-state index contributed by atoms with van der Waals surface area (Å²) >= 11 is 1.81. The maximum atomic E-state index is 12.8. The first-order chi connectivity index (χ1) is 7.13. The molecule has 0 saturated carbocycles. The van der Waals surface area contributed by atoms with Gasteiger partial charge < -0.3 is 10.6 Å². The third-order valence-corrected chi connectivity index (χ3v) is 2.82. The van der Waals surface area contributed by atoms with Gasteiger partial charge in [0.05, 0.1) is 0 Å². The highest BCUT2D eigenvalue weighted by Crippen LogP contribution is 2.15. The summed E-state index contributed by atoms with van der Waals surface area (Å²) in [5.74, 6) is 0.820. The molecule has 2 N–H and O–H groups in total. The fraction of sp³-hybridized carbons (Fsp3) is 0.455. The Balaban J connectivity index is 2.56. The summed E-state index contributed by atoms with van der Waals surface area (Å²) in [6.45, 7) is 1.78. The number of thioether (sulfide) groups is 1. The van der Waals surface area contributed by atoms with Crippen LogP contribution in [0.1, 0.15) is 5.56 Å². The van der Waals surface area contributed by atoms with Crippen molar-refractivity contribution in [3.05, 3.63) is 29.6 Å². The van der Waals surface area contributed by atoms with Gasteiger partial charge in [-0.2, -0.15) is 11.8 Å². The molecule has 84 valence electrons. The maximum Gasteiger partial charge on any atom is 0.125 e. The van der Waals surface area contributed by atoms with E-state index >= 15 is 0 Å². The van der Waals surface area contributed by atoms with Crippen molar-refractivity contribution in [1.29, 1.82) is 0 Å². The van der Waals surface area contributed by atoms with Gasteiger partial charge in [-0.3, -0.25) is 0 Å². The summed E-state index contributed by atoms with van der Waals surface area (Å²) in [7, 11) is 2.04. The number of nitrogens with two attached hydrogens (primary N) is 1. The molecule has 15 heavy (non-hydrogen) atoms. The zero-order valence-electron chi connectivity index (χ0n) is 9.16. The topological polar surface area (TPSA) is 29.3 Å². The van der Waals surface area contributed by atoms with Crippen LogP contribution in [-0.4, -0.2) is 30.5 Å². The number of halogens is 1. The van der Waals surface area contributed by atoms with Crippen molar-refractivity contribution in [3.8, 4) is 0 Å². The number of hydrogen-bond donors (Lipinski definition) is 1. The number of hydrogen-bond acceptors (Lipinski definition) is 3. The molecule has 0 aliphatic rings. The second kappa shape index (κ2) is 5.98. The van der Waals surface area contributed by atoms with Crippen LogP contribution in [0.15, 0.2) is 18.2 Å². The number of benzene rings is 1. The lowest BCUT2D eigenvalue weighted by Crippen LogP contribution is -2.21. The molecule has 0 radical (unpaired) electrons. The standard InChI is InChI=1S/C11H17FN2S/c1-14(5-6-15-2)8-9-3-4-10(12)7-11(9)13/h3-4,7H,5-6,8,13H2,1-2H3. The van der Waals surface area contributed by atoms with E-state index in [1.54, 1.807) is 6.07 Å². The molecule has 0 atom stereocenters. The highest BCUT2D eigenvalue weighted by molar-refractivity contribution is 7.98. The molecule has 0 spiro atoms. The van der Waals surface area contributed by atoms with Crippen LogP contribution < -0.4 is 5.73 Å². The lowest BCUT2D eigenvalue weighted by Gasteiger charge is -2.17. The molecular formula is C11H17FN2S. The normalized spacial score (nSPS) is 10.9. The van der Waals surface area contributed by atoms with Crippen LogP contribution in [0.3, 0.4) is 0 Å². The SMILES string of the molecule is CSCCN(C)Cc1ccc(F)cc1N. The van der Waals surface area contributed by atoms with Crippen molar-refractivity contribution >= 4 is 17.4 Å². The predicted molar refractivity (Wildman–Crippen MR) is 65.5 cm³/mol. The molecule has 4 heteroatoms. The van der Waals surface area contributed by atoms with Crippen LogP contribution in [0.5, 0.6) is 0 Å². The van der Waals surface area contributed by atoms with E-state index in [2.05, 4.69) is 11.2 Å². The average Bonchev–Trinajstić information content (AvgIpc) is 2.19. The Morgan fingerprint density at radius 3 is 2.80 bits per heavy atom. The van der Waals surface area contributed by atoms with Crippen LogP contribution in [-0.2, 0) is 6.54 Å². The largest absolute Gasteiger partial charge is 0.398 e. The van der Waals surface area contributed by atoms with E-state index in [-0.39, 0.29) is 5.82 Å². The van der Waals surface area contributed by atoms with Crippen molar-refractivity contribution in [1.82, 2.24) is 4.90 Å². The third-order valence-electron chi connectivity index (χ3n) is 2.23. The molecule has 1 aromatic rings. The highest BCUT2D eigenvalue weighted by Gasteiger charge is 2.04. The quantitative estimate of drug-likeness (QED) is 0.783. The van der Waals surface area contributed by atoms with Gasteiger partial charge in [0.1, 0.15) is 5.82 Å². The van der Waals surface area contributed by atoms with E-state index in [1.165, 1.54) is 12.1 Å². The Kier molecular flexibility index (Phi) is 4.91. The van der Waals surface area contributed by atoms with E-state index in [0.29, 0.717) is 5.69 Å². The maximum absolute atomic E-state index is 12.8. The number of rotatable bonds is 5. The molecule has 0 amide bonds. The number of anilines is 1. The highest BCUT2D eigenvalue weighted by atomic mass is 32.2. The first-order valence-corrected chi connectivity index (χ1v) is 6.24. The van der Waals surface area contributed by atoms with Gasteiger partial charge in [-0.05, 0) is 31.0 Å². The van der Waals surface area contributed by atoms with E-state index in [4.69, 9.17) is 5.73 Å². The third kappa shape index (κ3) is 4.10. The van der Waals surface area contributed by atoms with Gasteiger partial charge in [0.2, 0.25) is 0 Å². The lowest BCUT2D eigenvalue weighted by molar-refractivity contribution is 0.349. The molecule has 0 aliphatic carbocycles. The molecule has 1 aromatic carbocycles. The summed E-state index contributed by atoms with van der Waals surface area (Å²) in [5.41, 5.74) is 7.25. The van der Waals surface area contributed by atoms with Gasteiger partial charge in [0.25, 0.3) is 0 Å². The second-order valence-electron chi connectivity index (χ2n) is 3.57. The smallest absolute Gasteiger partial charge is 0.125 e. The van der Waals surface area contributed by atoms with E-state index in [0.717, 1.165) is 24.4 Å².